The van der Waals surface area contributed by atoms with Gasteiger partial charge in [-0.15, -0.1) is 0 Å². The molecule has 1 saturated heterocycles. The third-order valence-corrected chi connectivity index (χ3v) is 5.90. The summed E-state index contributed by atoms with van der Waals surface area (Å²) in [6.45, 7) is 5.88. The Kier molecular flexibility index (Phi) is 4.89. The number of carbonyl (C=O) groups excluding carboxylic acids is 1. The van der Waals surface area contributed by atoms with Gasteiger partial charge in [-0.05, 0) is 38.1 Å². The van der Waals surface area contributed by atoms with E-state index in [9.17, 15) is 14.3 Å². The van der Waals surface area contributed by atoms with E-state index in [0.717, 1.165) is 18.8 Å². The highest BCUT2D eigenvalue weighted by Crippen LogP contribution is 2.36. The van der Waals surface area contributed by atoms with Crippen molar-refractivity contribution < 1.29 is 14.3 Å². The lowest BCUT2D eigenvalue weighted by molar-refractivity contribution is 0.0997. The van der Waals surface area contributed by atoms with E-state index in [-0.39, 0.29) is 22.6 Å². The van der Waals surface area contributed by atoms with E-state index in [1.54, 1.807) is 25.4 Å². The Labute approximate surface area is 189 Å². The molecule has 10 heteroatoms. The maximum Gasteiger partial charge on any atom is 0.268 e. The number of anilines is 1. The number of carbonyl (C=O) groups is 1. The van der Waals surface area contributed by atoms with Crippen LogP contribution in [0.15, 0.2) is 30.5 Å². The molecule has 5 rings (SSSR count). The molecule has 3 heterocycles. The minimum absolute atomic E-state index is 0.00983. The predicted molar refractivity (Wildman–Crippen MR) is 124 cm³/mol. The van der Waals surface area contributed by atoms with Crippen molar-refractivity contribution in [3.63, 3.8) is 0 Å². The summed E-state index contributed by atoms with van der Waals surface area (Å²) in [5.74, 6) is -2.22. The van der Waals surface area contributed by atoms with E-state index in [4.69, 9.17) is 5.73 Å². The zero-order chi connectivity index (χ0) is 23.4. The Morgan fingerprint density at radius 1 is 1.21 bits per heavy atom. The second-order valence-corrected chi connectivity index (χ2v) is 8.66. The number of amides is 1. The second-order valence-electron chi connectivity index (χ2n) is 8.66. The number of phenols is 1. The number of primary amides is 1. The van der Waals surface area contributed by atoms with Crippen LogP contribution in [0.25, 0.3) is 33.2 Å². The molecule has 1 amide bonds. The molecule has 170 valence electrons. The Balaban J connectivity index is 1.66. The van der Waals surface area contributed by atoms with Gasteiger partial charge in [-0.1, -0.05) is 0 Å². The largest absolute Gasteiger partial charge is 0.504 e. The van der Waals surface area contributed by atoms with E-state index in [1.165, 1.54) is 4.68 Å². The number of fused-ring (bicyclic) bond motifs is 2. The zero-order valence-corrected chi connectivity index (χ0v) is 18.5. The molecule has 1 fully saturated rings. The minimum Gasteiger partial charge on any atom is -0.504 e. The average Bonchev–Trinajstić information content (AvgIpc) is 3.15. The number of halogens is 1. The number of benzene rings is 2. The Bertz CT molecular complexity index is 1410. The lowest BCUT2D eigenvalue weighted by Gasteiger charge is -2.37. The van der Waals surface area contributed by atoms with Crippen molar-refractivity contribution in [1.82, 2.24) is 25.1 Å². The molecule has 33 heavy (non-hydrogen) atoms. The fraction of sp³-hybridized carbons (Fsp3) is 0.304. The molecule has 1 aliphatic heterocycles. The number of piperazine rings is 1. The molecule has 2 aromatic carbocycles. The van der Waals surface area contributed by atoms with Crippen LogP contribution in [0.5, 0.6) is 5.75 Å². The first-order valence-electron chi connectivity index (χ1n) is 10.7. The number of aryl methyl sites for hydroxylation is 1. The zero-order valence-electron chi connectivity index (χ0n) is 18.5. The molecule has 0 spiro atoms. The van der Waals surface area contributed by atoms with Crippen LogP contribution in [0.3, 0.4) is 0 Å². The molecule has 0 bridgehead atoms. The van der Waals surface area contributed by atoms with Crippen LogP contribution in [-0.4, -0.2) is 55.9 Å². The van der Waals surface area contributed by atoms with Crippen LogP contribution in [-0.2, 0) is 7.05 Å². The van der Waals surface area contributed by atoms with Gasteiger partial charge in [0.05, 0.1) is 11.1 Å². The fourth-order valence-corrected chi connectivity index (χ4v) is 4.57. The highest BCUT2D eigenvalue weighted by molar-refractivity contribution is 6.05. The summed E-state index contributed by atoms with van der Waals surface area (Å²) in [5, 5.41) is 19.0. The van der Waals surface area contributed by atoms with Crippen LogP contribution >= 0.6 is 0 Å². The van der Waals surface area contributed by atoms with Gasteiger partial charge in [-0.3, -0.25) is 9.48 Å². The topological polar surface area (TPSA) is 122 Å². The smallest absolute Gasteiger partial charge is 0.268 e. The summed E-state index contributed by atoms with van der Waals surface area (Å²) in [7, 11) is 1.66. The molecule has 2 atom stereocenters. The van der Waals surface area contributed by atoms with Crippen molar-refractivity contribution >= 4 is 33.4 Å². The molecular weight excluding hydrogens is 425 g/mol. The molecule has 4 aromatic rings. The summed E-state index contributed by atoms with van der Waals surface area (Å²) in [6, 6.07) is 7.76. The fourth-order valence-electron chi connectivity index (χ4n) is 4.57. The maximum absolute atomic E-state index is 14.8. The maximum atomic E-state index is 14.8. The van der Waals surface area contributed by atoms with Crippen LogP contribution in [0, 0.1) is 5.82 Å². The number of hydrogen-bond donors (Lipinski definition) is 3. The number of hydrogen-bond acceptors (Lipinski definition) is 7. The summed E-state index contributed by atoms with van der Waals surface area (Å²) in [4.78, 5) is 23.4. The van der Waals surface area contributed by atoms with E-state index in [2.05, 4.69) is 39.1 Å². The Morgan fingerprint density at radius 3 is 2.64 bits per heavy atom. The number of nitrogens with one attached hydrogen (secondary N) is 1. The normalized spacial score (nSPS) is 18.8. The number of nitrogens with two attached hydrogens (primary N) is 1. The van der Waals surface area contributed by atoms with Crippen LogP contribution < -0.4 is 16.0 Å². The third kappa shape index (κ3) is 3.62. The van der Waals surface area contributed by atoms with Gasteiger partial charge in [0, 0.05) is 54.9 Å². The average molecular weight is 449 g/mol. The van der Waals surface area contributed by atoms with Gasteiger partial charge in [0.25, 0.3) is 5.91 Å². The van der Waals surface area contributed by atoms with E-state index in [0.29, 0.717) is 28.4 Å². The molecule has 0 unspecified atom stereocenters. The van der Waals surface area contributed by atoms with Gasteiger partial charge in [-0.2, -0.15) is 5.10 Å². The Morgan fingerprint density at radius 2 is 1.94 bits per heavy atom. The quantitative estimate of drug-likeness (QED) is 0.439. The number of aromatic hydroxyl groups is 1. The summed E-state index contributed by atoms with van der Waals surface area (Å²) < 4.78 is 16.2. The summed E-state index contributed by atoms with van der Waals surface area (Å²) in [6.07, 6.45) is 1.62. The second kappa shape index (κ2) is 7.66. The van der Waals surface area contributed by atoms with Crippen molar-refractivity contribution in [3.8, 4) is 17.1 Å². The molecular formula is C23H24FN7O2. The van der Waals surface area contributed by atoms with Crippen LogP contribution in [0.4, 0.5) is 10.1 Å². The number of phenolic OH excluding ortho intramolecular Hbond substituents is 1. The Hall–Kier alpha value is -3.79. The molecule has 0 saturated carbocycles. The van der Waals surface area contributed by atoms with Gasteiger partial charge in [-0.25, -0.2) is 14.4 Å². The minimum atomic E-state index is -0.871. The third-order valence-electron chi connectivity index (χ3n) is 5.90. The van der Waals surface area contributed by atoms with Crippen molar-refractivity contribution in [3.05, 3.63) is 42.0 Å². The molecule has 0 radical (unpaired) electrons. The number of rotatable bonds is 3. The number of nitrogens with zero attached hydrogens (tertiary/aromatic N) is 5. The number of aromatic nitrogens is 4. The van der Waals surface area contributed by atoms with E-state index >= 15 is 0 Å². The van der Waals surface area contributed by atoms with Gasteiger partial charge < -0.3 is 21.1 Å². The van der Waals surface area contributed by atoms with Crippen molar-refractivity contribution in [1.29, 1.82) is 0 Å². The summed E-state index contributed by atoms with van der Waals surface area (Å²) >= 11 is 0. The first-order valence-corrected chi connectivity index (χ1v) is 10.7. The van der Waals surface area contributed by atoms with Gasteiger partial charge in [0.15, 0.2) is 17.4 Å². The molecule has 4 N–H and O–H groups in total. The first kappa shape index (κ1) is 21.1. The SMILES string of the molecule is C[C@H]1CN(c2ccc3nc(-c4cc5cn(C)nc5c(F)c4O)nc(C(N)=O)c3c2)C[C@H](C)N1. The van der Waals surface area contributed by atoms with Gasteiger partial charge in [0.2, 0.25) is 0 Å². The van der Waals surface area contributed by atoms with Gasteiger partial charge >= 0.3 is 0 Å². The highest BCUT2D eigenvalue weighted by atomic mass is 19.1. The molecule has 9 nitrogen and oxygen atoms in total. The van der Waals surface area contributed by atoms with Gasteiger partial charge in [0.1, 0.15) is 11.2 Å². The highest BCUT2D eigenvalue weighted by Gasteiger charge is 2.24. The van der Waals surface area contributed by atoms with Crippen LogP contribution in [0.2, 0.25) is 0 Å². The summed E-state index contributed by atoms with van der Waals surface area (Å²) in [5.41, 5.74) is 7.18. The molecule has 0 aliphatic carbocycles. The predicted octanol–water partition coefficient (Wildman–Crippen LogP) is 2.31. The van der Waals surface area contributed by atoms with Crippen molar-refractivity contribution in [2.45, 2.75) is 25.9 Å². The lowest BCUT2D eigenvalue weighted by atomic mass is 10.1. The molecule has 1 aliphatic rings. The van der Waals surface area contributed by atoms with Crippen LogP contribution in [0.1, 0.15) is 24.3 Å². The first-order chi connectivity index (χ1) is 15.7. The van der Waals surface area contributed by atoms with Crippen molar-refractivity contribution in [2.75, 3.05) is 18.0 Å². The molecule has 2 aromatic heterocycles. The standard InChI is InChI=1S/C23H24FN7O2/c1-11-8-31(9-12(2)26-11)14-4-5-17-15(7-14)20(22(25)33)28-23(27-17)16-6-13-10-30(3)29-19(13)18(24)21(16)32/h4-7,10-12,26,32H,8-9H2,1-3H3,(H2,25,33)/t11-,12-/m0/s1. The van der Waals surface area contributed by atoms with E-state index < -0.39 is 17.5 Å². The van der Waals surface area contributed by atoms with Crippen molar-refractivity contribution in [2.24, 2.45) is 12.8 Å². The lowest BCUT2D eigenvalue weighted by Crippen LogP contribution is -2.54. The van der Waals surface area contributed by atoms with E-state index in [1.807, 2.05) is 12.1 Å². The monoisotopic (exact) mass is 449 g/mol.